The van der Waals surface area contributed by atoms with Crippen LogP contribution in [0.25, 0.3) is 89.1 Å². The molecule has 9 rings (SSSR count). The lowest BCUT2D eigenvalue weighted by atomic mass is 9.92. The van der Waals surface area contributed by atoms with E-state index in [9.17, 15) is 0 Å². The van der Waals surface area contributed by atoms with Gasteiger partial charge in [-0.3, -0.25) is 0 Å². The third kappa shape index (κ3) is 5.51. The molecule has 0 saturated carbocycles. The molecule has 0 aliphatic rings. The molecule has 0 aliphatic carbocycles. The second kappa shape index (κ2) is 12.7. The normalized spacial score (nSPS) is 11.2. The summed E-state index contributed by atoms with van der Waals surface area (Å²) in [6, 6.07) is 65.8. The molecule has 0 fully saturated rings. The Balaban J connectivity index is 1.18. The van der Waals surface area contributed by atoms with Crippen molar-refractivity contribution in [3.8, 4) is 67.5 Å². The fourth-order valence-electron chi connectivity index (χ4n) is 6.87. The number of hydrogen-bond acceptors (Lipinski definition) is 3. The SMILES string of the molecule is c1ccc(-c2ccc(-c3cccc(-c4nc(-c5ccccc5)nc(-c5cccc6c(-c7cccc8ccccc78)cccc56)n4)c3)cc2)cc1. The number of nitrogens with zero attached hydrogens (tertiary/aromatic N) is 3. The lowest BCUT2D eigenvalue weighted by Gasteiger charge is -2.14. The van der Waals surface area contributed by atoms with Gasteiger partial charge < -0.3 is 0 Å². The minimum Gasteiger partial charge on any atom is -0.208 e. The van der Waals surface area contributed by atoms with E-state index >= 15 is 0 Å². The molecule has 0 aliphatic heterocycles. The number of aromatic nitrogens is 3. The molecule has 0 N–H and O–H groups in total. The first-order valence-electron chi connectivity index (χ1n) is 16.9. The summed E-state index contributed by atoms with van der Waals surface area (Å²) in [6.07, 6.45) is 0. The second-order valence-corrected chi connectivity index (χ2v) is 12.4. The Hall–Kier alpha value is -6.71. The van der Waals surface area contributed by atoms with Gasteiger partial charge in [-0.2, -0.15) is 0 Å². The van der Waals surface area contributed by atoms with E-state index in [2.05, 4.69) is 164 Å². The first kappa shape index (κ1) is 29.4. The molecule has 0 saturated heterocycles. The highest BCUT2D eigenvalue weighted by atomic mass is 15.0. The molecule has 9 aromatic rings. The molecule has 3 nitrogen and oxygen atoms in total. The van der Waals surface area contributed by atoms with Gasteiger partial charge in [-0.15, -0.1) is 0 Å². The van der Waals surface area contributed by atoms with E-state index in [1.807, 2.05) is 24.3 Å². The van der Waals surface area contributed by atoms with E-state index in [4.69, 9.17) is 15.0 Å². The number of fused-ring (bicyclic) bond motifs is 2. The molecule has 8 aromatic carbocycles. The molecule has 0 amide bonds. The molecular weight excluding hydrogens is 607 g/mol. The van der Waals surface area contributed by atoms with Gasteiger partial charge in [0.1, 0.15) is 0 Å². The summed E-state index contributed by atoms with van der Waals surface area (Å²) in [5.74, 6) is 1.93. The Labute approximate surface area is 291 Å². The van der Waals surface area contributed by atoms with Gasteiger partial charge in [-0.25, -0.2) is 15.0 Å². The van der Waals surface area contributed by atoms with Crippen LogP contribution in [0.1, 0.15) is 0 Å². The van der Waals surface area contributed by atoms with Crippen molar-refractivity contribution >= 4 is 21.5 Å². The van der Waals surface area contributed by atoms with Crippen LogP contribution >= 0.6 is 0 Å². The van der Waals surface area contributed by atoms with Crippen molar-refractivity contribution in [3.63, 3.8) is 0 Å². The second-order valence-electron chi connectivity index (χ2n) is 12.4. The summed E-state index contributed by atoms with van der Waals surface area (Å²) >= 11 is 0. The van der Waals surface area contributed by atoms with E-state index in [0.29, 0.717) is 17.5 Å². The Morgan fingerprint density at radius 3 is 1.40 bits per heavy atom. The molecule has 50 heavy (non-hydrogen) atoms. The lowest BCUT2D eigenvalue weighted by Crippen LogP contribution is -2.00. The third-order valence-corrected chi connectivity index (χ3v) is 9.36. The zero-order valence-electron chi connectivity index (χ0n) is 27.2. The monoisotopic (exact) mass is 637 g/mol. The van der Waals surface area contributed by atoms with Crippen LogP contribution in [0.15, 0.2) is 188 Å². The molecule has 1 aromatic heterocycles. The first-order valence-corrected chi connectivity index (χ1v) is 16.9. The zero-order chi connectivity index (χ0) is 33.3. The predicted octanol–water partition coefficient (Wildman–Crippen LogP) is 12.2. The third-order valence-electron chi connectivity index (χ3n) is 9.36. The molecule has 0 unspecified atom stereocenters. The average molecular weight is 638 g/mol. The van der Waals surface area contributed by atoms with E-state index in [1.54, 1.807) is 0 Å². The average Bonchev–Trinajstić information content (AvgIpc) is 3.21. The fourth-order valence-corrected chi connectivity index (χ4v) is 6.87. The fraction of sp³-hybridized carbons (Fsp3) is 0. The molecule has 0 atom stereocenters. The molecule has 234 valence electrons. The van der Waals surface area contributed by atoms with Crippen molar-refractivity contribution in [2.45, 2.75) is 0 Å². The highest BCUT2D eigenvalue weighted by molar-refractivity contribution is 6.08. The zero-order valence-corrected chi connectivity index (χ0v) is 27.2. The molecule has 1 heterocycles. The van der Waals surface area contributed by atoms with Crippen molar-refractivity contribution in [2.24, 2.45) is 0 Å². The van der Waals surface area contributed by atoms with Gasteiger partial charge in [0.05, 0.1) is 0 Å². The van der Waals surface area contributed by atoms with Crippen LogP contribution < -0.4 is 0 Å². The summed E-state index contributed by atoms with van der Waals surface area (Å²) < 4.78 is 0. The maximum absolute atomic E-state index is 5.17. The van der Waals surface area contributed by atoms with Gasteiger partial charge in [-0.1, -0.05) is 182 Å². The number of hydrogen-bond donors (Lipinski definition) is 0. The largest absolute Gasteiger partial charge is 0.208 e. The number of benzene rings is 8. The first-order chi connectivity index (χ1) is 24.8. The van der Waals surface area contributed by atoms with Crippen molar-refractivity contribution in [1.82, 2.24) is 15.0 Å². The quantitative estimate of drug-likeness (QED) is 0.182. The van der Waals surface area contributed by atoms with Gasteiger partial charge in [0.25, 0.3) is 0 Å². The summed E-state index contributed by atoms with van der Waals surface area (Å²) in [7, 11) is 0. The van der Waals surface area contributed by atoms with Gasteiger partial charge in [0.2, 0.25) is 0 Å². The van der Waals surface area contributed by atoms with E-state index < -0.39 is 0 Å². The van der Waals surface area contributed by atoms with Crippen molar-refractivity contribution < 1.29 is 0 Å². The van der Waals surface area contributed by atoms with Crippen LogP contribution in [0.3, 0.4) is 0 Å². The van der Waals surface area contributed by atoms with Crippen LogP contribution in [0, 0.1) is 0 Å². The molecule has 3 heteroatoms. The van der Waals surface area contributed by atoms with Crippen LogP contribution in [0.2, 0.25) is 0 Å². The Bertz CT molecular complexity index is 2620. The molecule has 0 radical (unpaired) electrons. The molecular formula is C47H31N3. The summed E-state index contributed by atoms with van der Waals surface area (Å²) in [5.41, 5.74) is 9.89. The summed E-state index contributed by atoms with van der Waals surface area (Å²) in [5, 5.41) is 4.71. The summed E-state index contributed by atoms with van der Waals surface area (Å²) in [4.78, 5) is 15.3. The van der Waals surface area contributed by atoms with Gasteiger partial charge in [0.15, 0.2) is 17.5 Å². The van der Waals surface area contributed by atoms with E-state index in [-0.39, 0.29) is 0 Å². The van der Waals surface area contributed by atoms with Crippen molar-refractivity contribution in [3.05, 3.63) is 188 Å². The van der Waals surface area contributed by atoms with Crippen LogP contribution in [-0.2, 0) is 0 Å². The highest BCUT2D eigenvalue weighted by Gasteiger charge is 2.16. The molecule has 0 bridgehead atoms. The standard InChI is InChI=1S/C47H31N3/c1-3-13-32(14-4-1)33-27-29-34(30-28-33)37-19-9-20-38(31-37)46-48-45(36-16-5-2-6-17-36)49-47(50-46)44-26-12-24-42-41(23-11-25-43(42)44)40-22-10-18-35-15-7-8-21-39(35)40/h1-31H. The predicted molar refractivity (Wildman–Crippen MR) is 207 cm³/mol. The topological polar surface area (TPSA) is 38.7 Å². The highest BCUT2D eigenvalue weighted by Crippen LogP contribution is 2.38. The minimum absolute atomic E-state index is 0.638. The van der Waals surface area contributed by atoms with Gasteiger partial charge in [0, 0.05) is 16.7 Å². The van der Waals surface area contributed by atoms with Crippen LogP contribution in [0.4, 0.5) is 0 Å². The van der Waals surface area contributed by atoms with Gasteiger partial charge in [-0.05, 0) is 61.0 Å². The minimum atomic E-state index is 0.638. The maximum atomic E-state index is 5.17. The summed E-state index contributed by atoms with van der Waals surface area (Å²) in [6.45, 7) is 0. The van der Waals surface area contributed by atoms with E-state index in [0.717, 1.165) is 38.6 Å². The smallest absolute Gasteiger partial charge is 0.164 e. The van der Waals surface area contributed by atoms with Crippen LogP contribution in [-0.4, -0.2) is 15.0 Å². The van der Waals surface area contributed by atoms with E-state index in [1.165, 1.54) is 33.0 Å². The molecule has 0 spiro atoms. The van der Waals surface area contributed by atoms with Crippen molar-refractivity contribution in [2.75, 3.05) is 0 Å². The van der Waals surface area contributed by atoms with Crippen molar-refractivity contribution in [1.29, 1.82) is 0 Å². The maximum Gasteiger partial charge on any atom is 0.164 e. The Morgan fingerprint density at radius 1 is 0.240 bits per heavy atom. The number of rotatable bonds is 6. The Morgan fingerprint density at radius 2 is 0.660 bits per heavy atom. The van der Waals surface area contributed by atoms with Gasteiger partial charge >= 0.3 is 0 Å². The van der Waals surface area contributed by atoms with Crippen LogP contribution in [0.5, 0.6) is 0 Å². The lowest BCUT2D eigenvalue weighted by molar-refractivity contribution is 1.08. The Kier molecular flexibility index (Phi) is 7.49.